The van der Waals surface area contributed by atoms with E-state index in [2.05, 4.69) is 15.9 Å². The number of likely N-dealkylation sites (N-methyl/N-ethyl adjacent to an activating group) is 1. The van der Waals surface area contributed by atoms with Gasteiger partial charge in [0, 0.05) is 23.1 Å². The smallest absolute Gasteiger partial charge is 0.255 e. The van der Waals surface area contributed by atoms with Crippen molar-refractivity contribution in [2.45, 2.75) is 12.5 Å². The number of hydrogen-bond donors (Lipinski definition) is 0. The van der Waals surface area contributed by atoms with Crippen LogP contribution in [0.4, 0.5) is 0 Å². The molecule has 0 aliphatic carbocycles. The maximum Gasteiger partial charge on any atom is 0.255 e. The van der Waals surface area contributed by atoms with Crippen LogP contribution in [-0.2, 0) is 4.74 Å². The van der Waals surface area contributed by atoms with Gasteiger partial charge in [0.2, 0.25) is 0 Å². The van der Waals surface area contributed by atoms with Crippen molar-refractivity contribution in [2.75, 3.05) is 20.3 Å². The quantitative estimate of drug-likeness (QED) is 0.839. The fourth-order valence-corrected chi connectivity index (χ4v) is 2.70. The lowest BCUT2D eigenvalue weighted by Gasteiger charge is -2.23. The molecule has 1 fully saturated rings. The number of amides is 1. The van der Waals surface area contributed by atoms with Gasteiger partial charge in [-0.05, 0) is 40.5 Å². The molecule has 1 saturated heterocycles. The highest BCUT2D eigenvalue weighted by atomic mass is 79.9. The minimum atomic E-state index is -0.0101. The summed E-state index contributed by atoms with van der Waals surface area (Å²) in [4.78, 5) is 14.0. The summed E-state index contributed by atoms with van der Waals surface area (Å²) in [6, 6.07) is 5.36. The highest BCUT2D eigenvalue weighted by molar-refractivity contribution is 9.10. The molecule has 1 aliphatic heterocycles. The summed E-state index contributed by atoms with van der Waals surface area (Å²) in [6.45, 7) is 1.34. The van der Waals surface area contributed by atoms with Crippen LogP contribution in [0, 0.1) is 0 Å². The number of hydrogen-bond acceptors (Lipinski definition) is 2. The van der Waals surface area contributed by atoms with Gasteiger partial charge in [-0.2, -0.15) is 0 Å². The van der Waals surface area contributed by atoms with Crippen LogP contribution in [0.15, 0.2) is 22.7 Å². The van der Waals surface area contributed by atoms with Crippen LogP contribution in [0.3, 0.4) is 0 Å². The zero-order valence-electron chi connectivity index (χ0n) is 9.45. The number of rotatable bonds is 2. The molecular weight excluding hydrogens is 305 g/mol. The van der Waals surface area contributed by atoms with Gasteiger partial charge in [0.05, 0.1) is 18.2 Å². The minimum Gasteiger partial charge on any atom is -0.379 e. The second-order valence-corrected chi connectivity index (χ2v) is 5.35. The molecule has 92 valence electrons. The van der Waals surface area contributed by atoms with Gasteiger partial charge in [-0.25, -0.2) is 0 Å². The molecule has 0 radical (unpaired) electrons. The summed E-state index contributed by atoms with van der Waals surface area (Å²) in [5, 5.41) is 0.611. The van der Waals surface area contributed by atoms with Gasteiger partial charge < -0.3 is 9.64 Å². The lowest BCUT2D eigenvalue weighted by molar-refractivity contribution is 0.0710. The third kappa shape index (κ3) is 2.81. The van der Waals surface area contributed by atoms with Crippen molar-refractivity contribution in [3.63, 3.8) is 0 Å². The molecule has 1 heterocycles. The van der Waals surface area contributed by atoms with Crippen molar-refractivity contribution in [3.8, 4) is 0 Å². The monoisotopic (exact) mass is 317 g/mol. The van der Waals surface area contributed by atoms with E-state index in [9.17, 15) is 4.79 Å². The molecular formula is C12H13BrClNO2. The summed E-state index contributed by atoms with van der Waals surface area (Å²) >= 11 is 9.21. The Bertz CT molecular complexity index is 433. The van der Waals surface area contributed by atoms with Gasteiger partial charge >= 0.3 is 0 Å². The van der Waals surface area contributed by atoms with Crippen molar-refractivity contribution in [1.82, 2.24) is 4.90 Å². The van der Waals surface area contributed by atoms with Gasteiger partial charge in [0.1, 0.15) is 0 Å². The van der Waals surface area contributed by atoms with Gasteiger partial charge in [-0.1, -0.05) is 11.6 Å². The summed E-state index contributed by atoms with van der Waals surface area (Å²) < 4.78 is 6.01. The second kappa shape index (κ2) is 5.38. The zero-order valence-corrected chi connectivity index (χ0v) is 11.8. The molecule has 1 unspecified atom stereocenters. The van der Waals surface area contributed by atoms with Crippen molar-refractivity contribution in [1.29, 1.82) is 0 Å². The molecule has 0 bridgehead atoms. The van der Waals surface area contributed by atoms with Gasteiger partial charge in [-0.15, -0.1) is 0 Å². The highest BCUT2D eigenvalue weighted by Crippen LogP contribution is 2.24. The Kier molecular flexibility index (Phi) is 4.07. The molecule has 17 heavy (non-hydrogen) atoms. The normalized spacial score (nSPS) is 19.4. The molecule has 3 nitrogen and oxygen atoms in total. The van der Waals surface area contributed by atoms with E-state index < -0.39 is 0 Å². The number of ether oxygens (including phenoxy) is 1. The van der Waals surface area contributed by atoms with Crippen LogP contribution in [0.1, 0.15) is 16.8 Å². The number of carbonyl (C=O) groups excluding carboxylic acids is 1. The van der Waals surface area contributed by atoms with E-state index in [-0.39, 0.29) is 11.9 Å². The van der Waals surface area contributed by atoms with Crippen LogP contribution in [0.2, 0.25) is 5.02 Å². The summed E-state index contributed by atoms with van der Waals surface area (Å²) in [5.41, 5.74) is 0.629. The van der Waals surface area contributed by atoms with Crippen molar-refractivity contribution in [3.05, 3.63) is 33.3 Å². The van der Waals surface area contributed by atoms with Crippen LogP contribution in [0.25, 0.3) is 0 Å². The number of halogens is 2. The molecule has 0 saturated carbocycles. The molecule has 1 aromatic carbocycles. The van der Waals surface area contributed by atoms with Gasteiger partial charge in [0.15, 0.2) is 0 Å². The number of benzene rings is 1. The molecule has 1 amide bonds. The van der Waals surface area contributed by atoms with E-state index >= 15 is 0 Å². The lowest BCUT2D eigenvalue weighted by atomic mass is 10.1. The van der Waals surface area contributed by atoms with Crippen molar-refractivity contribution < 1.29 is 9.53 Å². The zero-order chi connectivity index (χ0) is 12.4. The van der Waals surface area contributed by atoms with Gasteiger partial charge in [0.25, 0.3) is 5.91 Å². The first-order chi connectivity index (χ1) is 8.09. The summed E-state index contributed by atoms with van der Waals surface area (Å²) in [7, 11) is 1.81. The molecule has 0 aromatic heterocycles. The fourth-order valence-electron chi connectivity index (χ4n) is 1.85. The van der Waals surface area contributed by atoms with Crippen molar-refractivity contribution in [2.24, 2.45) is 0 Å². The van der Waals surface area contributed by atoms with Crippen LogP contribution in [0.5, 0.6) is 0 Å². The average Bonchev–Trinajstić information content (AvgIpc) is 2.80. The Balaban J connectivity index is 2.18. The fraction of sp³-hybridized carbons (Fsp3) is 0.417. The van der Waals surface area contributed by atoms with Gasteiger partial charge in [-0.3, -0.25) is 4.79 Å². The van der Waals surface area contributed by atoms with E-state index in [1.54, 1.807) is 23.1 Å². The topological polar surface area (TPSA) is 29.5 Å². The molecule has 0 N–H and O–H groups in total. The Labute approximate surface area is 114 Å². The van der Waals surface area contributed by atoms with E-state index in [1.807, 2.05) is 7.05 Å². The Morgan fingerprint density at radius 3 is 2.94 bits per heavy atom. The highest BCUT2D eigenvalue weighted by Gasteiger charge is 2.25. The Morgan fingerprint density at radius 2 is 2.35 bits per heavy atom. The standard InChI is InChI=1S/C12H13BrClNO2/c1-15(9-4-5-17-7-9)12(16)10-3-2-8(14)6-11(10)13/h2-3,6,9H,4-5,7H2,1H3. The predicted octanol–water partition coefficient (Wildman–Crippen LogP) is 2.96. The number of nitrogens with zero attached hydrogens (tertiary/aromatic N) is 1. The lowest BCUT2D eigenvalue weighted by Crippen LogP contribution is -2.37. The Hall–Kier alpha value is -0.580. The van der Waals surface area contributed by atoms with E-state index in [1.165, 1.54) is 0 Å². The van der Waals surface area contributed by atoms with Crippen LogP contribution >= 0.6 is 27.5 Å². The van der Waals surface area contributed by atoms with E-state index in [0.717, 1.165) is 17.5 Å². The van der Waals surface area contributed by atoms with E-state index in [4.69, 9.17) is 16.3 Å². The average molecular weight is 319 g/mol. The maximum absolute atomic E-state index is 12.3. The van der Waals surface area contributed by atoms with Crippen LogP contribution < -0.4 is 0 Å². The largest absolute Gasteiger partial charge is 0.379 e. The molecule has 0 spiro atoms. The summed E-state index contributed by atoms with van der Waals surface area (Å²) in [5.74, 6) is -0.0101. The first-order valence-corrected chi connectivity index (χ1v) is 6.56. The predicted molar refractivity (Wildman–Crippen MR) is 70.5 cm³/mol. The molecule has 1 aliphatic rings. The second-order valence-electron chi connectivity index (χ2n) is 4.06. The third-order valence-electron chi connectivity index (χ3n) is 2.94. The molecule has 1 atom stereocenters. The number of carbonyl (C=O) groups is 1. The first-order valence-electron chi connectivity index (χ1n) is 5.39. The summed E-state index contributed by atoms with van der Waals surface area (Å²) in [6.07, 6.45) is 0.896. The van der Waals surface area contributed by atoms with Crippen molar-refractivity contribution >= 4 is 33.4 Å². The van der Waals surface area contributed by atoms with E-state index in [0.29, 0.717) is 17.2 Å². The maximum atomic E-state index is 12.3. The first kappa shape index (κ1) is 12.9. The van der Waals surface area contributed by atoms with Crippen LogP contribution in [-0.4, -0.2) is 37.1 Å². The molecule has 1 aromatic rings. The Morgan fingerprint density at radius 1 is 1.59 bits per heavy atom. The third-order valence-corrected chi connectivity index (χ3v) is 3.83. The molecule has 2 rings (SSSR count). The molecule has 5 heteroatoms. The SMILES string of the molecule is CN(C(=O)c1ccc(Cl)cc1Br)C1CCOC1. The minimum absolute atomic E-state index is 0.0101.